The van der Waals surface area contributed by atoms with Crippen LogP contribution in [0, 0.1) is 0 Å². The normalized spacial score (nSPS) is 10.9. The molecule has 4 rings (SSSR count). The fraction of sp³-hybridized carbons (Fsp3) is 0.111. The Labute approximate surface area is 152 Å². The monoisotopic (exact) mass is 366 g/mol. The second-order valence-corrected chi connectivity index (χ2v) is 6.33. The Morgan fingerprint density at radius 3 is 2.73 bits per heavy atom. The van der Waals surface area contributed by atoms with Crippen molar-refractivity contribution in [1.82, 2.24) is 13.9 Å². The molecule has 0 aliphatic carbocycles. The van der Waals surface area contributed by atoms with Gasteiger partial charge in [-0.1, -0.05) is 42.5 Å². The van der Waals surface area contributed by atoms with Gasteiger partial charge in [0.05, 0.1) is 5.52 Å². The van der Waals surface area contributed by atoms with Crippen molar-refractivity contribution in [2.24, 2.45) is 0 Å². The van der Waals surface area contributed by atoms with Gasteiger partial charge < -0.3 is 9.73 Å². The van der Waals surface area contributed by atoms with Gasteiger partial charge in [-0.15, -0.1) is 0 Å². The van der Waals surface area contributed by atoms with E-state index in [0.717, 1.165) is 17.1 Å². The zero-order chi connectivity index (χ0) is 17.9. The first kappa shape index (κ1) is 16.2. The van der Waals surface area contributed by atoms with E-state index >= 15 is 0 Å². The first-order valence-corrected chi connectivity index (χ1v) is 8.75. The Bertz CT molecular complexity index is 1110. The van der Waals surface area contributed by atoms with Gasteiger partial charge in [0.15, 0.2) is 11.4 Å². The lowest BCUT2D eigenvalue weighted by molar-refractivity contribution is -0.116. The van der Waals surface area contributed by atoms with E-state index in [1.54, 1.807) is 18.2 Å². The molecule has 2 aromatic carbocycles. The summed E-state index contributed by atoms with van der Waals surface area (Å²) in [4.78, 5) is 28.4. The number of hydrogen-bond donors (Lipinski definition) is 1. The molecule has 2 heterocycles. The number of aryl methyl sites for hydroxylation is 1. The van der Waals surface area contributed by atoms with Crippen LogP contribution < -0.4 is 11.1 Å². The molecule has 1 N–H and O–H groups in total. The second-order valence-electron chi connectivity index (χ2n) is 5.57. The van der Waals surface area contributed by atoms with Crippen molar-refractivity contribution in [2.75, 3.05) is 5.32 Å². The van der Waals surface area contributed by atoms with Crippen LogP contribution in [0.3, 0.4) is 0 Å². The molecule has 0 unspecified atom stereocenters. The highest BCUT2D eigenvalue weighted by atomic mass is 32.1. The van der Waals surface area contributed by atoms with E-state index in [4.69, 9.17) is 4.42 Å². The molecule has 26 heavy (non-hydrogen) atoms. The summed E-state index contributed by atoms with van der Waals surface area (Å²) in [6.07, 6.45) is 0.129. The highest BCUT2D eigenvalue weighted by Crippen LogP contribution is 2.20. The summed E-state index contributed by atoms with van der Waals surface area (Å²) in [6.45, 7) is 0.228. The van der Waals surface area contributed by atoms with Crippen LogP contribution in [-0.2, 0) is 11.3 Å². The smallest absolute Gasteiger partial charge is 0.408 e. The lowest BCUT2D eigenvalue weighted by atomic mass is 10.2. The van der Waals surface area contributed by atoms with Crippen LogP contribution in [0.15, 0.2) is 63.8 Å². The van der Waals surface area contributed by atoms with Crippen molar-refractivity contribution < 1.29 is 9.21 Å². The lowest BCUT2D eigenvalue weighted by Crippen LogP contribution is -2.19. The van der Waals surface area contributed by atoms with Gasteiger partial charge in [0, 0.05) is 30.1 Å². The quantitative estimate of drug-likeness (QED) is 0.586. The third kappa shape index (κ3) is 3.27. The van der Waals surface area contributed by atoms with E-state index in [0.29, 0.717) is 22.1 Å². The average Bonchev–Trinajstić information content (AvgIpc) is 3.24. The number of fused-ring (bicyclic) bond motifs is 1. The molecule has 0 saturated carbocycles. The van der Waals surface area contributed by atoms with Gasteiger partial charge in [0.1, 0.15) is 0 Å². The SMILES string of the molecule is O=C(CCn1c(=O)oc2ccccc21)Nc1nc(-c2ccccc2)ns1. The molecule has 4 aromatic rings. The standard InChI is InChI=1S/C18H14N4O3S/c23-15(10-11-22-13-8-4-5-9-14(13)25-18(22)24)19-17-20-16(21-26-17)12-6-2-1-3-7-12/h1-9H,10-11H2,(H,19,20,21,23). The maximum Gasteiger partial charge on any atom is 0.419 e. The van der Waals surface area contributed by atoms with Crippen molar-refractivity contribution in [3.63, 3.8) is 0 Å². The number of para-hydroxylation sites is 2. The molecular formula is C18H14N4O3S. The topological polar surface area (TPSA) is 90.0 Å². The van der Waals surface area contributed by atoms with E-state index in [-0.39, 0.29) is 18.9 Å². The van der Waals surface area contributed by atoms with Crippen LogP contribution in [0.2, 0.25) is 0 Å². The molecule has 0 saturated heterocycles. The van der Waals surface area contributed by atoms with E-state index in [1.165, 1.54) is 4.57 Å². The maximum atomic E-state index is 12.2. The van der Waals surface area contributed by atoms with Crippen LogP contribution in [0.5, 0.6) is 0 Å². The fourth-order valence-electron chi connectivity index (χ4n) is 2.60. The Morgan fingerprint density at radius 1 is 1.12 bits per heavy atom. The minimum atomic E-state index is -0.471. The fourth-order valence-corrected chi connectivity index (χ4v) is 3.21. The molecule has 1 amide bonds. The van der Waals surface area contributed by atoms with E-state index in [2.05, 4.69) is 14.7 Å². The largest absolute Gasteiger partial charge is 0.419 e. The molecule has 0 aliphatic heterocycles. The molecule has 7 nitrogen and oxygen atoms in total. The third-order valence-electron chi connectivity index (χ3n) is 3.84. The van der Waals surface area contributed by atoms with Crippen LogP contribution in [0.1, 0.15) is 6.42 Å². The van der Waals surface area contributed by atoms with Gasteiger partial charge in [0.2, 0.25) is 11.0 Å². The van der Waals surface area contributed by atoms with Crippen LogP contribution in [-0.4, -0.2) is 19.8 Å². The Balaban J connectivity index is 1.42. The minimum Gasteiger partial charge on any atom is -0.408 e. The number of rotatable bonds is 5. The molecule has 0 bridgehead atoms. The summed E-state index contributed by atoms with van der Waals surface area (Å²) in [5, 5.41) is 3.15. The summed E-state index contributed by atoms with van der Waals surface area (Å²) in [5.74, 6) is -0.137. The van der Waals surface area contributed by atoms with E-state index < -0.39 is 5.76 Å². The summed E-state index contributed by atoms with van der Waals surface area (Å²) in [7, 11) is 0. The first-order chi connectivity index (χ1) is 12.7. The van der Waals surface area contributed by atoms with Gasteiger partial charge in [-0.05, 0) is 12.1 Å². The van der Waals surface area contributed by atoms with Crippen molar-refractivity contribution in [3.8, 4) is 11.4 Å². The van der Waals surface area contributed by atoms with Gasteiger partial charge in [-0.25, -0.2) is 4.79 Å². The number of aromatic nitrogens is 3. The molecule has 0 atom stereocenters. The zero-order valence-corrected chi connectivity index (χ0v) is 14.4. The molecule has 0 fully saturated rings. The Hall–Kier alpha value is -3.26. The van der Waals surface area contributed by atoms with E-state index in [9.17, 15) is 9.59 Å². The van der Waals surface area contributed by atoms with Gasteiger partial charge >= 0.3 is 5.76 Å². The number of anilines is 1. The van der Waals surface area contributed by atoms with Crippen molar-refractivity contribution in [3.05, 3.63) is 65.1 Å². The maximum absolute atomic E-state index is 12.2. The molecule has 0 aliphatic rings. The third-order valence-corrected chi connectivity index (χ3v) is 4.47. The number of oxazole rings is 1. The molecule has 2 aromatic heterocycles. The summed E-state index contributed by atoms with van der Waals surface area (Å²) < 4.78 is 10.9. The Kier molecular flexibility index (Phi) is 4.32. The number of nitrogens with zero attached hydrogens (tertiary/aromatic N) is 3. The first-order valence-electron chi connectivity index (χ1n) is 7.98. The number of benzene rings is 2. The minimum absolute atomic E-state index is 0.129. The van der Waals surface area contributed by atoms with Crippen LogP contribution in [0.4, 0.5) is 5.13 Å². The number of amides is 1. The molecule has 8 heteroatoms. The van der Waals surface area contributed by atoms with Crippen molar-refractivity contribution in [1.29, 1.82) is 0 Å². The molecule has 0 radical (unpaired) electrons. The summed E-state index contributed by atoms with van der Waals surface area (Å²) in [5.41, 5.74) is 2.07. The summed E-state index contributed by atoms with van der Waals surface area (Å²) in [6, 6.07) is 16.7. The Morgan fingerprint density at radius 2 is 1.88 bits per heavy atom. The predicted molar refractivity (Wildman–Crippen MR) is 99.1 cm³/mol. The highest BCUT2D eigenvalue weighted by Gasteiger charge is 2.12. The van der Waals surface area contributed by atoms with Gasteiger partial charge in [-0.2, -0.15) is 9.36 Å². The van der Waals surface area contributed by atoms with Gasteiger partial charge in [-0.3, -0.25) is 9.36 Å². The van der Waals surface area contributed by atoms with Crippen molar-refractivity contribution in [2.45, 2.75) is 13.0 Å². The average molecular weight is 366 g/mol. The predicted octanol–water partition coefficient (Wildman–Crippen LogP) is 3.14. The summed E-state index contributed by atoms with van der Waals surface area (Å²) >= 11 is 1.12. The molecule has 130 valence electrons. The van der Waals surface area contributed by atoms with Crippen LogP contribution >= 0.6 is 11.5 Å². The molecular weight excluding hydrogens is 352 g/mol. The number of carbonyl (C=O) groups excluding carboxylic acids is 1. The second kappa shape index (κ2) is 6.93. The number of hydrogen-bond acceptors (Lipinski definition) is 6. The lowest BCUT2D eigenvalue weighted by Gasteiger charge is -2.02. The van der Waals surface area contributed by atoms with E-state index in [1.807, 2.05) is 36.4 Å². The number of carbonyl (C=O) groups is 1. The number of nitrogens with one attached hydrogen (secondary N) is 1. The van der Waals surface area contributed by atoms with Gasteiger partial charge in [0.25, 0.3) is 0 Å². The van der Waals surface area contributed by atoms with Crippen LogP contribution in [0.25, 0.3) is 22.5 Å². The highest BCUT2D eigenvalue weighted by molar-refractivity contribution is 7.10. The van der Waals surface area contributed by atoms with Crippen molar-refractivity contribution >= 4 is 33.7 Å². The zero-order valence-electron chi connectivity index (χ0n) is 13.6. The molecule has 0 spiro atoms.